The third-order valence-corrected chi connectivity index (χ3v) is 5.85. The number of hydrogen-bond donors (Lipinski definition) is 1. The Morgan fingerprint density at radius 2 is 2.40 bits per heavy atom. The molecule has 0 amide bonds. The van der Waals surface area contributed by atoms with Crippen molar-refractivity contribution >= 4 is 33.9 Å². The molecule has 1 aliphatic carbocycles. The molecule has 1 unspecified atom stereocenters. The number of aryl methyl sites for hydroxylation is 2. The summed E-state index contributed by atoms with van der Waals surface area (Å²) in [6.45, 7) is 2.19. The van der Waals surface area contributed by atoms with Gasteiger partial charge in [0.2, 0.25) is 0 Å². The number of nitrogens with zero attached hydrogens (tertiary/aromatic N) is 2. The maximum absolute atomic E-state index is 4.07. The number of nitrogens with one attached hydrogen (secondary N) is 1. The average Bonchev–Trinajstić information content (AvgIpc) is 3.06. The second kappa shape index (κ2) is 7.04. The van der Waals surface area contributed by atoms with Gasteiger partial charge in [0.1, 0.15) is 0 Å². The lowest BCUT2D eigenvalue weighted by Gasteiger charge is -2.23. The van der Waals surface area contributed by atoms with Gasteiger partial charge >= 0.3 is 0 Å². The number of fused-ring (bicyclic) bond motifs is 1. The Kier molecular flexibility index (Phi) is 5.12. The first-order chi connectivity index (χ1) is 9.83. The molecule has 3 nitrogen and oxygen atoms in total. The molecule has 5 heteroatoms. The zero-order chi connectivity index (χ0) is 13.8. The van der Waals surface area contributed by atoms with Crippen molar-refractivity contribution in [2.24, 2.45) is 0 Å². The number of thiophene rings is 1. The molecule has 108 valence electrons. The maximum Gasteiger partial charge on any atom is 0.0945 e. The van der Waals surface area contributed by atoms with E-state index in [2.05, 4.69) is 43.5 Å². The molecule has 0 bridgehead atoms. The molecule has 0 aliphatic heterocycles. The van der Waals surface area contributed by atoms with E-state index in [0.29, 0.717) is 6.04 Å². The Labute approximate surface area is 137 Å². The fraction of sp³-hybridized carbons (Fsp3) is 0.533. The van der Waals surface area contributed by atoms with Crippen molar-refractivity contribution in [1.82, 2.24) is 14.9 Å². The van der Waals surface area contributed by atoms with Gasteiger partial charge in [-0.15, -0.1) is 11.3 Å². The van der Waals surface area contributed by atoms with E-state index in [-0.39, 0.29) is 0 Å². The largest absolute Gasteiger partial charge is 0.337 e. The van der Waals surface area contributed by atoms with Crippen molar-refractivity contribution in [3.8, 4) is 0 Å². The van der Waals surface area contributed by atoms with Crippen LogP contribution in [0.1, 0.15) is 42.2 Å². The normalized spacial score (nSPS) is 18.1. The molecule has 3 rings (SSSR count). The van der Waals surface area contributed by atoms with E-state index in [9.17, 15) is 0 Å². The lowest BCUT2D eigenvalue weighted by Crippen LogP contribution is -2.25. The predicted octanol–water partition coefficient (Wildman–Crippen LogP) is 4.00. The van der Waals surface area contributed by atoms with Crippen molar-refractivity contribution in [1.29, 1.82) is 0 Å². The fourth-order valence-corrected chi connectivity index (χ4v) is 4.97. The number of unbranched alkanes of at least 4 members (excludes halogenated alkanes) is 1. The van der Waals surface area contributed by atoms with Crippen LogP contribution >= 0.6 is 33.9 Å². The number of halogens is 1. The summed E-state index contributed by atoms with van der Waals surface area (Å²) in [5.74, 6) is 0. The van der Waals surface area contributed by atoms with Gasteiger partial charge in [0, 0.05) is 29.9 Å². The molecule has 1 N–H and O–H groups in total. The number of imidazole rings is 1. The molecule has 0 saturated heterocycles. The van der Waals surface area contributed by atoms with Crippen LogP contribution in [0, 0.1) is 2.88 Å². The Balaban J connectivity index is 1.43. The summed E-state index contributed by atoms with van der Waals surface area (Å²) in [4.78, 5) is 5.68. The zero-order valence-corrected chi connectivity index (χ0v) is 14.5. The standard InChI is InChI=1S/C15H20IN3S/c16-15-10-12-13(4-3-5-14(12)20-15)18-6-1-2-8-19-9-7-17-11-19/h7,9-11,13,18H,1-6,8H2. The van der Waals surface area contributed by atoms with Gasteiger partial charge in [-0.05, 0) is 72.9 Å². The van der Waals surface area contributed by atoms with Gasteiger partial charge in [-0.2, -0.15) is 0 Å². The van der Waals surface area contributed by atoms with Crippen molar-refractivity contribution in [2.75, 3.05) is 6.54 Å². The molecular formula is C15H20IN3S. The summed E-state index contributed by atoms with van der Waals surface area (Å²) in [5, 5.41) is 3.75. The van der Waals surface area contributed by atoms with Gasteiger partial charge in [-0.1, -0.05) is 0 Å². The molecule has 2 heterocycles. The summed E-state index contributed by atoms with van der Waals surface area (Å²) in [6, 6.07) is 2.97. The molecule has 0 aromatic carbocycles. The molecule has 0 fully saturated rings. The third kappa shape index (κ3) is 3.62. The first-order valence-electron chi connectivity index (χ1n) is 7.30. The number of aromatic nitrogens is 2. The Morgan fingerprint density at radius 1 is 1.45 bits per heavy atom. The molecule has 1 atom stereocenters. The summed E-state index contributed by atoms with van der Waals surface area (Å²) in [5.41, 5.74) is 1.57. The van der Waals surface area contributed by atoms with Crippen LogP contribution in [0.25, 0.3) is 0 Å². The van der Waals surface area contributed by atoms with Gasteiger partial charge in [-0.3, -0.25) is 0 Å². The van der Waals surface area contributed by atoms with Crippen LogP contribution in [0.4, 0.5) is 0 Å². The SMILES string of the molecule is Ic1cc2c(s1)CCCC2NCCCCn1ccnc1. The van der Waals surface area contributed by atoms with Crippen LogP contribution in [0.3, 0.4) is 0 Å². The van der Waals surface area contributed by atoms with Crippen molar-refractivity contribution in [2.45, 2.75) is 44.7 Å². The number of rotatable bonds is 6. The lowest BCUT2D eigenvalue weighted by molar-refractivity contribution is 0.449. The van der Waals surface area contributed by atoms with E-state index >= 15 is 0 Å². The van der Waals surface area contributed by atoms with Crippen LogP contribution in [-0.2, 0) is 13.0 Å². The highest BCUT2D eigenvalue weighted by Crippen LogP contribution is 2.36. The van der Waals surface area contributed by atoms with Gasteiger partial charge in [0.15, 0.2) is 0 Å². The second-order valence-electron chi connectivity index (χ2n) is 5.34. The zero-order valence-electron chi connectivity index (χ0n) is 11.5. The highest BCUT2D eigenvalue weighted by atomic mass is 127. The quantitative estimate of drug-likeness (QED) is 0.586. The summed E-state index contributed by atoms with van der Waals surface area (Å²) in [6.07, 6.45) is 12.1. The van der Waals surface area contributed by atoms with Crippen LogP contribution in [0.15, 0.2) is 24.8 Å². The van der Waals surface area contributed by atoms with Crippen molar-refractivity contribution < 1.29 is 0 Å². The average molecular weight is 401 g/mol. The second-order valence-corrected chi connectivity index (χ2v) is 8.37. The summed E-state index contributed by atoms with van der Waals surface area (Å²) >= 11 is 4.42. The number of hydrogen-bond acceptors (Lipinski definition) is 3. The fourth-order valence-electron chi connectivity index (χ4n) is 2.85. The molecule has 20 heavy (non-hydrogen) atoms. The Morgan fingerprint density at radius 3 is 3.25 bits per heavy atom. The van der Waals surface area contributed by atoms with Gasteiger partial charge in [0.25, 0.3) is 0 Å². The van der Waals surface area contributed by atoms with Crippen LogP contribution in [0.2, 0.25) is 0 Å². The smallest absolute Gasteiger partial charge is 0.0945 e. The molecule has 0 spiro atoms. The van der Waals surface area contributed by atoms with E-state index in [0.717, 1.165) is 13.1 Å². The van der Waals surface area contributed by atoms with Crippen LogP contribution in [0.5, 0.6) is 0 Å². The summed E-state index contributed by atoms with van der Waals surface area (Å²) in [7, 11) is 0. The van der Waals surface area contributed by atoms with Gasteiger partial charge < -0.3 is 9.88 Å². The van der Waals surface area contributed by atoms with E-state index < -0.39 is 0 Å². The minimum absolute atomic E-state index is 0.590. The van der Waals surface area contributed by atoms with E-state index in [1.165, 1.54) is 35.0 Å². The Hall–Kier alpha value is -0.400. The first-order valence-corrected chi connectivity index (χ1v) is 9.19. The third-order valence-electron chi connectivity index (χ3n) is 3.88. The van der Waals surface area contributed by atoms with E-state index in [1.807, 2.05) is 30.1 Å². The minimum atomic E-state index is 0.590. The van der Waals surface area contributed by atoms with Crippen molar-refractivity contribution in [3.05, 3.63) is 38.1 Å². The van der Waals surface area contributed by atoms with Crippen molar-refractivity contribution in [3.63, 3.8) is 0 Å². The van der Waals surface area contributed by atoms with Crippen LogP contribution < -0.4 is 5.32 Å². The highest BCUT2D eigenvalue weighted by molar-refractivity contribution is 14.1. The lowest BCUT2D eigenvalue weighted by atomic mass is 9.94. The highest BCUT2D eigenvalue weighted by Gasteiger charge is 2.21. The maximum atomic E-state index is 4.07. The van der Waals surface area contributed by atoms with E-state index in [4.69, 9.17) is 0 Å². The molecule has 0 saturated carbocycles. The van der Waals surface area contributed by atoms with Crippen LogP contribution in [-0.4, -0.2) is 16.1 Å². The molecule has 2 aromatic rings. The first kappa shape index (κ1) is 14.5. The molecular weight excluding hydrogens is 381 g/mol. The molecule has 1 aliphatic rings. The molecule has 0 radical (unpaired) electrons. The molecule has 2 aromatic heterocycles. The summed E-state index contributed by atoms with van der Waals surface area (Å²) < 4.78 is 3.58. The minimum Gasteiger partial charge on any atom is -0.337 e. The predicted molar refractivity (Wildman–Crippen MR) is 92.2 cm³/mol. The monoisotopic (exact) mass is 401 g/mol. The van der Waals surface area contributed by atoms with Gasteiger partial charge in [0.05, 0.1) is 9.21 Å². The van der Waals surface area contributed by atoms with Gasteiger partial charge in [-0.25, -0.2) is 4.98 Å². The Bertz CT molecular complexity index is 535. The van der Waals surface area contributed by atoms with E-state index in [1.54, 1.807) is 10.4 Å². The topological polar surface area (TPSA) is 29.9 Å².